The van der Waals surface area contributed by atoms with Crippen molar-refractivity contribution in [1.29, 1.82) is 0 Å². The van der Waals surface area contributed by atoms with E-state index in [4.69, 9.17) is 10.5 Å². The summed E-state index contributed by atoms with van der Waals surface area (Å²) in [4.78, 5) is 11.6. The number of nitrogens with zero attached hydrogens (tertiary/aromatic N) is 3. The van der Waals surface area contributed by atoms with Crippen LogP contribution in [0.5, 0.6) is 0 Å². The Bertz CT molecular complexity index is 387. The monoisotopic (exact) mass is 281 g/mol. The molecule has 0 saturated heterocycles. The second kappa shape index (κ2) is 7.96. The quantitative estimate of drug-likeness (QED) is 0.690. The maximum Gasteiger partial charge on any atom is 0.221 e. The number of aryl methyl sites for hydroxylation is 1. The highest BCUT2D eigenvalue weighted by atomic mass is 16.5. The average Bonchev–Trinajstić information content (AvgIpc) is 2.96. The predicted octanol–water partition coefficient (Wildman–Crippen LogP) is 0.0709. The van der Waals surface area contributed by atoms with Crippen LogP contribution in [-0.4, -0.2) is 46.2 Å². The SMILES string of the molecule is NC1CCC(OCCNC(=O)CCn2ccnn2)CC1. The summed E-state index contributed by atoms with van der Waals surface area (Å²) in [7, 11) is 0. The average molecular weight is 281 g/mol. The molecule has 112 valence electrons. The number of hydrogen-bond donors (Lipinski definition) is 2. The van der Waals surface area contributed by atoms with Gasteiger partial charge in [0.15, 0.2) is 0 Å². The summed E-state index contributed by atoms with van der Waals surface area (Å²) in [5.74, 6) is 0.00904. The Kier molecular flexibility index (Phi) is 5.94. The van der Waals surface area contributed by atoms with E-state index < -0.39 is 0 Å². The van der Waals surface area contributed by atoms with Gasteiger partial charge in [-0.3, -0.25) is 9.48 Å². The van der Waals surface area contributed by atoms with E-state index >= 15 is 0 Å². The molecule has 0 atom stereocenters. The first-order chi connectivity index (χ1) is 9.74. The number of nitrogens with two attached hydrogens (primary N) is 1. The minimum absolute atomic E-state index is 0.00904. The highest BCUT2D eigenvalue weighted by Gasteiger charge is 2.18. The van der Waals surface area contributed by atoms with E-state index in [0.29, 0.717) is 38.3 Å². The molecule has 1 aliphatic carbocycles. The number of carbonyl (C=O) groups excluding carboxylic acids is 1. The molecule has 7 nitrogen and oxygen atoms in total. The van der Waals surface area contributed by atoms with Gasteiger partial charge in [0.05, 0.1) is 25.5 Å². The van der Waals surface area contributed by atoms with Crippen molar-refractivity contribution in [2.75, 3.05) is 13.2 Å². The van der Waals surface area contributed by atoms with Crippen molar-refractivity contribution in [3.63, 3.8) is 0 Å². The Morgan fingerprint density at radius 1 is 1.40 bits per heavy atom. The van der Waals surface area contributed by atoms with Gasteiger partial charge in [-0.1, -0.05) is 5.21 Å². The number of amides is 1. The van der Waals surface area contributed by atoms with Gasteiger partial charge in [-0.15, -0.1) is 5.10 Å². The van der Waals surface area contributed by atoms with Crippen molar-refractivity contribution in [3.05, 3.63) is 12.4 Å². The molecule has 0 radical (unpaired) electrons. The molecule has 1 aromatic rings. The topological polar surface area (TPSA) is 95.1 Å². The standard InChI is InChI=1S/C13H23N5O2/c14-11-1-3-12(4-2-11)20-10-7-15-13(19)5-8-18-9-6-16-17-18/h6,9,11-12H,1-5,7-8,10,14H2,(H,15,19). The minimum Gasteiger partial charge on any atom is -0.376 e. The molecule has 0 aliphatic heterocycles. The van der Waals surface area contributed by atoms with Gasteiger partial charge in [-0.05, 0) is 25.7 Å². The first kappa shape index (κ1) is 14.9. The third-order valence-corrected chi connectivity index (χ3v) is 3.54. The number of hydrogen-bond acceptors (Lipinski definition) is 5. The van der Waals surface area contributed by atoms with Gasteiger partial charge in [0.25, 0.3) is 0 Å². The molecule has 1 fully saturated rings. The zero-order valence-corrected chi connectivity index (χ0v) is 11.7. The van der Waals surface area contributed by atoms with Gasteiger partial charge < -0.3 is 15.8 Å². The van der Waals surface area contributed by atoms with E-state index in [9.17, 15) is 4.79 Å². The van der Waals surface area contributed by atoms with Gasteiger partial charge >= 0.3 is 0 Å². The molecule has 0 bridgehead atoms. The number of ether oxygens (including phenoxy) is 1. The molecular weight excluding hydrogens is 258 g/mol. The van der Waals surface area contributed by atoms with Gasteiger partial charge in [0, 0.05) is 25.2 Å². The Morgan fingerprint density at radius 3 is 2.90 bits per heavy atom. The highest BCUT2D eigenvalue weighted by Crippen LogP contribution is 2.19. The van der Waals surface area contributed by atoms with Gasteiger partial charge in [0.1, 0.15) is 0 Å². The van der Waals surface area contributed by atoms with Crippen molar-refractivity contribution in [2.24, 2.45) is 5.73 Å². The second-order valence-corrected chi connectivity index (χ2v) is 5.17. The fraction of sp³-hybridized carbons (Fsp3) is 0.769. The van der Waals surface area contributed by atoms with Crippen LogP contribution in [0.15, 0.2) is 12.4 Å². The fourth-order valence-corrected chi connectivity index (χ4v) is 2.33. The Morgan fingerprint density at radius 2 is 2.20 bits per heavy atom. The molecular formula is C13H23N5O2. The van der Waals surface area contributed by atoms with Crippen LogP contribution in [0.3, 0.4) is 0 Å². The smallest absolute Gasteiger partial charge is 0.221 e. The third kappa shape index (κ3) is 5.26. The molecule has 0 aromatic carbocycles. The predicted molar refractivity (Wildman–Crippen MR) is 73.8 cm³/mol. The van der Waals surface area contributed by atoms with Crippen LogP contribution in [0.25, 0.3) is 0 Å². The summed E-state index contributed by atoms with van der Waals surface area (Å²) in [6, 6.07) is 0.339. The van der Waals surface area contributed by atoms with Crippen LogP contribution in [0, 0.1) is 0 Å². The molecule has 20 heavy (non-hydrogen) atoms. The van der Waals surface area contributed by atoms with Crippen LogP contribution < -0.4 is 11.1 Å². The van der Waals surface area contributed by atoms with E-state index in [2.05, 4.69) is 15.6 Å². The maximum atomic E-state index is 11.6. The number of carbonyl (C=O) groups is 1. The van der Waals surface area contributed by atoms with Crippen molar-refractivity contribution in [2.45, 2.75) is 50.8 Å². The minimum atomic E-state index is 0.00904. The molecule has 1 aromatic heterocycles. The molecule has 1 aliphatic rings. The summed E-state index contributed by atoms with van der Waals surface area (Å²) >= 11 is 0. The lowest BCUT2D eigenvalue weighted by molar-refractivity contribution is -0.121. The lowest BCUT2D eigenvalue weighted by atomic mass is 9.94. The van der Waals surface area contributed by atoms with Gasteiger partial charge in [-0.2, -0.15) is 0 Å². The van der Waals surface area contributed by atoms with Crippen molar-refractivity contribution in [3.8, 4) is 0 Å². The van der Waals surface area contributed by atoms with Crippen LogP contribution >= 0.6 is 0 Å². The van der Waals surface area contributed by atoms with Crippen LogP contribution in [0.1, 0.15) is 32.1 Å². The number of rotatable bonds is 7. The molecule has 1 amide bonds. The van der Waals surface area contributed by atoms with Crippen molar-refractivity contribution < 1.29 is 9.53 Å². The first-order valence-electron chi connectivity index (χ1n) is 7.22. The number of nitrogens with one attached hydrogen (secondary N) is 1. The Balaban J connectivity index is 1.49. The molecule has 7 heteroatoms. The van der Waals surface area contributed by atoms with Crippen LogP contribution in [0.4, 0.5) is 0 Å². The number of aromatic nitrogens is 3. The van der Waals surface area contributed by atoms with Gasteiger partial charge in [-0.25, -0.2) is 0 Å². The summed E-state index contributed by atoms with van der Waals surface area (Å²) < 4.78 is 7.37. The first-order valence-corrected chi connectivity index (χ1v) is 7.22. The summed E-state index contributed by atoms with van der Waals surface area (Å²) in [5, 5.41) is 10.3. The molecule has 2 rings (SSSR count). The molecule has 1 heterocycles. The highest BCUT2D eigenvalue weighted by molar-refractivity contribution is 5.75. The van der Waals surface area contributed by atoms with E-state index in [1.165, 1.54) is 0 Å². The van der Waals surface area contributed by atoms with E-state index in [1.807, 2.05) is 0 Å². The Hall–Kier alpha value is -1.47. The second-order valence-electron chi connectivity index (χ2n) is 5.17. The third-order valence-electron chi connectivity index (χ3n) is 3.54. The lowest BCUT2D eigenvalue weighted by Crippen LogP contribution is -2.33. The fourth-order valence-electron chi connectivity index (χ4n) is 2.33. The molecule has 1 saturated carbocycles. The van der Waals surface area contributed by atoms with E-state index in [-0.39, 0.29) is 5.91 Å². The van der Waals surface area contributed by atoms with Crippen LogP contribution in [-0.2, 0) is 16.1 Å². The Labute approximate surface area is 118 Å². The van der Waals surface area contributed by atoms with Crippen molar-refractivity contribution >= 4 is 5.91 Å². The van der Waals surface area contributed by atoms with Crippen LogP contribution in [0.2, 0.25) is 0 Å². The molecule has 3 N–H and O–H groups in total. The summed E-state index contributed by atoms with van der Waals surface area (Å²) in [5.41, 5.74) is 5.84. The lowest BCUT2D eigenvalue weighted by Gasteiger charge is -2.26. The normalized spacial score (nSPS) is 22.6. The zero-order chi connectivity index (χ0) is 14.2. The summed E-state index contributed by atoms with van der Waals surface area (Å²) in [6.07, 6.45) is 8.18. The van der Waals surface area contributed by atoms with Crippen molar-refractivity contribution in [1.82, 2.24) is 20.3 Å². The summed E-state index contributed by atoms with van der Waals surface area (Å²) in [6.45, 7) is 1.67. The van der Waals surface area contributed by atoms with E-state index in [0.717, 1.165) is 25.7 Å². The molecule has 0 spiro atoms. The maximum absolute atomic E-state index is 11.6. The zero-order valence-electron chi connectivity index (χ0n) is 11.7. The largest absolute Gasteiger partial charge is 0.376 e. The molecule has 0 unspecified atom stereocenters. The van der Waals surface area contributed by atoms with E-state index in [1.54, 1.807) is 17.1 Å². The van der Waals surface area contributed by atoms with Gasteiger partial charge in [0.2, 0.25) is 5.91 Å².